The highest BCUT2D eigenvalue weighted by Gasteiger charge is 2.41. The molecule has 0 aliphatic heterocycles. The maximum atomic E-state index is 12.3. The maximum absolute atomic E-state index is 12.3. The van der Waals surface area contributed by atoms with E-state index in [0.29, 0.717) is 30.2 Å². The van der Waals surface area contributed by atoms with Gasteiger partial charge in [-0.1, -0.05) is 32.4 Å². The molecule has 1 unspecified atom stereocenters. The van der Waals surface area contributed by atoms with Crippen molar-refractivity contribution < 1.29 is 19.1 Å². The number of hydrogen-bond donors (Lipinski definition) is 1. The van der Waals surface area contributed by atoms with Crippen molar-refractivity contribution in [3.8, 4) is 0 Å². The monoisotopic (exact) mass is 371 g/mol. The van der Waals surface area contributed by atoms with Crippen LogP contribution in [0.3, 0.4) is 0 Å². The van der Waals surface area contributed by atoms with E-state index in [1.54, 1.807) is 0 Å². The smallest absolute Gasteiger partial charge is 0.309 e. The number of Topliss-reactive ketones (excluding diaryl/α,β-unsaturated/α-hetero) is 1. The van der Waals surface area contributed by atoms with Crippen molar-refractivity contribution in [3.05, 3.63) is 29.8 Å². The Labute approximate surface area is 160 Å². The summed E-state index contributed by atoms with van der Waals surface area (Å²) in [5.41, 5.74) is 1.93. The Balaban J connectivity index is 1.46. The molecular formula is C22H29NO4. The van der Waals surface area contributed by atoms with E-state index in [2.05, 4.69) is 19.2 Å². The molecule has 0 radical (unpaired) electrons. The van der Waals surface area contributed by atoms with Crippen molar-refractivity contribution in [1.82, 2.24) is 0 Å². The Morgan fingerprint density at radius 2 is 1.78 bits per heavy atom. The molecule has 146 valence electrons. The first kappa shape index (κ1) is 19.6. The molecule has 1 aromatic rings. The van der Waals surface area contributed by atoms with E-state index in [-0.39, 0.29) is 36.2 Å². The molecule has 5 heteroatoms. The van der Waals surface area contributed by atoms with E-state index in [4.69, 9.17) is 4.74 Å². The molecule has 3 rings (SSSR count). The molecule has 0 spiro atoms. The van der Waals surface area contributed by atoms with E-state index < -0.39 is 0 Å². The fraction of sp³-hybridized carbons (Fsp3) is 0.591. The van der Waals surface area contributed by atoms with Gasteiger partial charge in [0.1, 0.15) is 5.78 Å². The van der Waals surface area contributed by atoms with Crippen LogP contribution in [0, 0.1) is 17.8 Å². The van der Waals surface area contributed by atoms with Crippen molar-refractivity contribution in [2.75, 3.05) is 11.9 Å². The topological polar surface area (TPSA) is 72.5 Å². The predicted molar refractivity (Wildman–Crippen MR) is 103 cm³/mol. The SMILES string of the molecule is CC[C@H](C)c1ccc(NC(=O)COC(=O)C2C[C@H]3CCC[C@@H](C2)C3=O)cc1. The summed E-state index contributed by atoms with van der Waals surface area (Å²) >= 11 is 0. The summed E-state index contributed by atoms with van der Waals surface area (Å²) in [6, 6.07) is 7.76. The predicted octanol–water partition coefficient (Wildman–Crippen LogP) is 4.08. The summed E-state index contributed by atoms with van der Waals surface area (Å²) in [7, 11) is 0. The molecule has 0 saturated heterocycles. The van der Waals surface area contributed by atoms with Crippen molar-refractivity contribution in [2.24, 2.45) is 17.8 Å². The number of fused-ring (bicyclic) bond motifs is 2. The van der Waals surface area contributed by atoms with Gasteiger partial charge in [-0.3, -0.25) is 14.4 Å². The van der Waals surface area contributed by atoms with Crippen LogP contribution in [0.1, 0.15) is 63.9 Å². The molecule has 5 nitrogen and oxygen atoms in total. The van der Waals surface area contributed by atoms with E-state index in [1.807, 2.05) is 24.3 Å². The zero-order valence-electron chi connectivity index (χ0n) is 16.2. The quantitative estimate of drug-likeness (QED) is 0.765. The van der Waals surface area contributed by atoms with Gasteiger partial charge >= 0.3 is 5.97 Å². The first-order chi connectivity index (χ1) is 13.0. The van der Waals surface area contributed by atoms with Crippen LogP contribution in [0.25, 0.3) is 0 Å². The lowest BCUT2D eigenvalue weighted by Crippen LogP contribution is -2.40. The summed E-state index contributed by atoms with van der Waals surface area (Å²) in [5, 5.41) is 2.76. The number of ketones is 1. The summed E-state index contributed by atoms with van der Waals surface area (Å²) in [5.74, 6) is -0.115. The number of amides is 1. The fourth-order valence-corrected chi connectivity index (χ4v) is 4.25. The molecule has 1 N–H and O–H groups in total. The normalized spacial score (nSPS) is 25.6. The second-order valence-corrected chi connectivity index (χ2v) is 7.98. The molecule has 27 heavy (non-hydrogen) atoms. The number of hydrogen-bond acceptors (Lipinski definition) is 4. The van der Waals surface area contributed by atoms with Gasteiger partial charge in [-0.05, 0) is 55.7 Å². The third-order valence-corrected chi connectivity index (χ3v) is 6.10. The Bertz CT molecular complexity index is 681. The van der Waals surface area contributed by atoms with Gasteiger partial charge in [0, 0.05) is 17.5 Å². The molecule has 2 aliphatic rings. The number of esters is 1. The Kier molecular flexibility index (Phi) is 6.30. The molecule has 2 bridgehead atoms. The molecule has 2 aliphatic carbocycles. The van der Waals surface area contributed by atoms with Crippen LogP contribution in [0.15, 0.2) is 24.3 Å². The van der Waals surface area contributed by atoms with Gasteiger partial charge in [0.2, 0.25) is 0 Å². The van der Waals surface area contributed by atoms with Crippen molar-refractivity contribution in [1.29, 1.82) is 0 Å². The number of rotatable bonds is 6. The second kappa shape index (κ2) is 8.68. The lowest BCUT2D eigenvalue weighted by molar-refractivity contribution is -0.155. The van der Waals surface area contributed by atoms with Crippen LogP contribution in [-0.2, 0) is 19.1 Å². The van der Waals surface area contributed by atoms with E-state index >= 15 is 0 Å². The van der Waals surface area contributed by atoms with Gasteiger partial charge in [-0.15, -0.1) is 0 Å². The van der Waals surface area contributed by atoms with Crippen molar-refractivity contribution >= 4 is 23.3 Å². The third kappa shape index (κ3) is 4.76. The average molecular weight is 371 g/mol. The van der Waals surface area contributed by atoms with Crippen LogP contribution in [0.4, 0.5) is 5.69 Å². The van der Waals surface area contributed by atoms with Crippen molar-refractivity contribution in [2.45, 2.75) is 58.3 Å². The van der Waals surface area contributed by atoms with Gasteiger partial charge in [0.15, 0.2) is 6.61 Å². The van der Waals surface area contributed by atoms with Gasteiger partial charge < -0.3 is 10.1 Å². The largest absolute Gasteiger partial charge is 0.455 e. The summed E-state index contributed by atoms with van der Waals surface area (Å²) in [6.07, 6.45) is 5.05. The maximum Gasteiger partial charge on any atom is 0.309 e. The Hall–Kier alpha value is -2.17. The highest BCUT2D eigenvalue weighted by atomic mass is 16.5. The zero-order chi connectivity index (χ0) is 19.4. The molecular weight excluding hydrogens is 342 g/mol. The van der Waals surface area contributed by atoms with Crippen LogP contribution in [-0.4, -0.2) is 24.3 Å². The Morgan fingerprint density at radius 1 is 1.15 bits per heavy atom. The second-order valence-electron chi connectivity index (χ2n) is 7.98. The Morgan fingerprint density at radius 3 is 2.37 bits per heavy atom. The van der Waals surface area contributed by atoms with Crippen LogP contribution >= 0.6 is 0 Å². The van der Waals surface area contributed by atoms with E-state index in [9.17, 15) is 14.4 Å². The number of carbonyl (C=O) groups excluding carboxylic acids is 3. The zero-order valence-corrected chi connectivity index (χ0v) is 16.2. The molecule has 2 saturated carbocycles. The van der Waals surface area contributed by atoms with Gasteiger partial charge in [-0.2, -0.15) is 0 Å². The van der Waals surface area contributed by atoms with E-state index in [0.717, 1.165) is 25.7 Å². The number of carbonyl (C=O) groups is 3. The number of anilines is 1. The lowest BCUT2D eigenvalue weighted by atomic mass is 9.67. The molecule has 4 atom stereocenters. The van der Waals surface area contributed by atoms with Gasteiger partial charge in [-0.25, -0.2) is 0 Å². The van der Waals surface area contributed by atoms with E-state index in [1.165, 1.54) is 5.56 Å². The molecule has 0 heterocycles. The summed E-state index contributed by atoms with van der Waals surface area (Å²) < 4.78 is 5.23. The number of nitrogens with one attached hydrogen (secondary N) is 1. The summed E-state index contributed by atoms with van der Waals surface area (Å²) in [4.78, 5) is 36.5. The van der Waals surface area contributed by atoms with Crippen LogP contribution < -0.4 is 5.32 Å². The minimum atomic E-state index is -0.346. The molecule has 1 amide bonds. The molecule has 0 aromatic heterocycles. The van der Waals surface area contributed by atoms with Crippen molar-refractivity contribution in [3.63, 3.8) is 0 Å². The first-order valence-corrected chi connectivity index (χ1v) is 10.1. The number of ether oxygens (including phenoxy) is 1. The lowest BCUT2D eigenvalue weighted by Gasteiger charge is -2.36. The van der Waals surface area contributed by atoms with Crippen LogP contribution in [0.2, 0.25) is 0 Å². The average Bonchev–Trinajstić information content (AvgIpc) is 2.66. The third-order valence-electron chi connectivity index (χ3n) is 6.10. The number of benzene rings is 1. The minimum absolute atomic E-state index is 0.00732. The highest BCUT2D eigenvalue weighted by Crippen LogP contribution is 2.40. The minimum Gasteiger partial charge on any atom is -0.455 e. The van der Waals surface area contributed by atoms with Gasteiger partial charge in [0.25, 0.3) is 5.91 Å². The summed E-state index contributed by atoms with van der Waals surface area (Å²) in [6.45, 7) is 4.02. The molecule has 1 aromatic carbocycles. The highest BCUT2D eigenvalue weighted by molar-refractivity contribution is 5.93. The fourth-order valence-electron chi connectivity index (χ4n) is 4.25. The molecule has 2 fully saturated rings. The van der Waals surface area contributed by atoms with Crippen LogP contribution in [0.5, 0.6) is 0 Å². The standard InChI is InChI=1S/C22H29NO4/c1-3-14(2)15-7-9-19(10-8-15)23-20(24)13-27-22(26)18-11-16-5-4-6-17(12-18)21(16)25/h7-10,14,16-18H,3-6,11-13H2,1-2H3,(H,23,24)/t14-,16-,17+,18?/m0/s1. The first-order valence-electron chi connectivity index (χ1n) is 10.1. The van der Waals surface area contributed by atoms with Gasteiger partial charge in [0.05, 0.1) is 5.92 Å².